The molecular formula is C76H67N15O3S3. The van der Waals surface area contributed by atoms with Gasteiger partial charge in [-0.2, -0.15) is 0 Å². The van der Waals surface area contributed by atoms with Crippen LogP contribution in [0.5, 0.6) is 0 Å². The summed E-state index contributed by atoms with van der Waals surface area (Å²) in [5.41, 5.74) is 9.52. The number of aryl methyl sites for hydroxylation is 2. The predicted molar refractivity (Wildman–Crippen MR) is 393 cm³/mol. The number of imidazole rings is 3. The van der Waals surface area contributed by atoms with Crippen molar-refractivity contribution >= 4 is 82.1 Å². The van der Waals surface area contributed by atoms with Crippen LogP contribution in [0.15, 0.2) is 219 Å². The molecule has 0 saturated carbocycles. The van der Waals surface area contributed by atoms with Crippen LogP contribution in [0, 0.1) is 0 Å². The standard InChI is InChI=1S/C76H67N15O3S3/c1-47(44-93-4)81-66-60-57(50-25-13-6-14-26-50)64(54-33-21-10-22-34-54)97-76(60)87-69(85-66)72-78-37-41-90(72)39-35-55(92)43-80-65-59-56(49-23-11-5-12-24-49)62(52-29-17-8-18-30-52)95-74(59)88-70(83-65)73-79-38-42-91(73)46-94-45-48(2)82-67-61-58(51-27-15-7-16-28-51)63(53-31-19-9-20-32-53)96-75(61)86-68(84-67)71-77-36-40-89(71)3/h5-34,36-38,40-42,47-48,55,92H,35,39,43-46H2,1-4H3,(H,80,83,88)(H,81,85,87)(H,82,84,86). The van der Waals surface area contributed by atoms with Crippen LogP contribution in [0.3, 0.4) is 0 Å². The highest BCUT2D eigenvalue weighted by Crippen LogP contribution is 2.50. The van der Waals surface area contributed by atoms with Crippen molar-refractivity contribution in [1.82, 2.24) is 58.6 Å². The summed E-state index contributed by atoms with van der Waals surface area (Å²) >= 11 is 4.88. The Labute approximate surface area is 572 Å². The lowest BCUT2D eigenvalue weighted by Gasteiger charge is -2.18. The molecule has 0 saturated heterocycles. The van der Waals surface area contributed by atoms with E-state index < -0.39 is 6.10 Å². The molecule has 9 aromatic heterocycles. The van der Waals surface area contributed by atoms with E-state index in [0.29, 0.717) is 78.6 Å². The van der Waals surface area contributed by atoms with Crippen molar-refractivity contribution in [2.24, 2.45) is 7.05 Å². The normalized spacial score (nSPS) is 12.6. The van der Waals surface area contributed by atoms with E-state index in [2.05, 4.69) is 168 Å². The molecule has 0 bridgehead atoms. The van der Waals surface area contributed by atoms with Crippen molar-refractivity contribution in [3.63, 3.8) is 0 Å². The average Bonchev–Trinajstić information content (AvgIpc) is 1.62. The van der Waals surface area contributed by atoms with Crippen molar-refractivity contribution in [2.75, 3.05) is 42.8 Å². The molecule has 3 atom stereocenters. The minimum atomic E-state index is -0.827. The highest BCUT2D eigenvalue weighted by atomic mass is 32.1. The third kappa shape index (κ3) is 12.9. The van der Waals surface area contributed by atoms with E-state index in [1.54, 1.807) is 59.7 Å². The molecule has 0 aliphatic rings. The number of fused-ring (bicyclic) bond motifs is 3. The second kappa shape index (κ2) is 28.0. The van der Waals surface area contributed by atoms with Gasteiger partial charge in [0.2, 0.25) is 0 Å². The molecule has 0 spiro atoms. The molecule has 18 nitrogen and oxygen atoms in total. The molecule has 9 heterocycles. The molecule has 0 amide bonds. The number of nitrogens with zero attached hydrogens (tertiary/aromatic N) is 12. The first-order valence-electron chi connectivity index (χ1n) is 32.1. The fourth-order valence-electron chi connectivity index (χ4n) is 12.3. The van der Waals surface area contributed by atoms with Gasteiger partial charge >= 0.3 is 0 Å². The van der Waals surface area contributed by atoms with Gasteiger partial charge in [-0.25, -0.2) is 44.9 Å². The van der Waals surface area contributed by atoms with Crippen LogP contribution in [0.4, 0.5) is 17.5 Å². The molecule has 0 fully saturated rings. The zero-order valence-corrected chi connectivity index (χ0v) is 56.1. The predicted octanol–water partition coefficient (Wildman–Crippen LogP) is 16.6. The molecule has 0 aliphatic carbocycles. The Balaban J connectivity index is 0.717. The molecule has 0 aliphatic heterocycles. The Kier molecular flexibility index (Phi) is 18.0. The summed E-state index contributed by atoms with van der Waals surface area (Å²) in [6.07, 6.45) is 10.5. The Hall–Kier alpha value is -10.7. The Bertz CT molecular complexity index is 5200. The third-order valence-electron chi connectivity index (χ3n) is 16.8. The fraction of sp³-hybridized carbons (Fsp3) is 0.171. The molecule has 15 aromatic rings. The smallest absolute Gasteiger partial charge is 0.199 e. The largest absolute Gasteiger partial charge is 0.391 e. The number of ether oxygens (including phenoxy) is 2. The number of thiophene rings is 3. The lowest BCUT2D eigenvalue weighted by molar-refractivity contribution is 0.0734. The monoisotopic (exact) mass is 1330 g/mol. The highest BCUT2D eigenvalue weighted by molar-refractivity contribution is 7.23. The van der Waals surface area contributed by atoms with Crippen LogP contribution < -0.4 is 16.0 Å². The minimum absolute atomic E-state index is 0.0653. The van der Waals surface area contributed by atoms with Crippen molar-refractivity contribution in [1.29, 1.82) is 0 Å². The SMILES string of the molecule is COCC(C)Nc1nc(-c2nccn2CCC(O)CNc2nc(-c3nccn3COCC(C)Nc3nc(-c4nccn4C)nc4sc(-c5ccccc5)c(-c5ccccc5)c34)nc3sc(-c4ccccc4)c(-c4ccccc4)c23)nc2sc(-c3ccccc3)c(-c3ccccc3)c12. The van der Waals surface area contributed by atoms with Crippen LogP contribution in [0.1, 0.15) is 20.3 Å². The number of nitrogens with one attached hydrogen (secondary N) is 3. The summed E-state index contributed by atoms with van der Waals surface area (Å²) in [6, 6.07) is 62.1. The zero-order chi connectivity index (χ0) is 65.8. The lowest BCUT2D eigenvalue weighted by atomic mass is 9.99. The van der Waals surface area contributed by atoms with Crippen LogP contribution >= 0.6 is 34.0 Å². The first kappa shape index (κ1) is 62.5. The van der Waals surface area contributed by atoms with E-state index in [4.69, 9.17) is 49.3 Å². The van der Waals surface area contributed by atoms with Crippen LogP contribution in [-0.2, 0) is 29.8 Å². The van der Waals surface area contributed by atoms with Crippen LogP contribution in [-0.4, -0.2) is 109 Å². The number of methoxy groups -OCH3 is 1. The van der Waals surface area contributed by atoms with Gasteiger partial charge in [0, 0.05) is 108 Å². The molecular weight excluding hydrogens is 1270 g/mol. The van der Waals surface area contributed by atoms with Gasteiger partial charge in [0.1, 0.15) is 38.7 Å². The van der Waals surface area contributed by atoms with Crippen LogP contribution in [0.25, 0.3) is 130 Å². The van der Waals surface area contributed by atoms with E-state index in [1.165, 1.54) is 0 Å². The number of hydrogen-bond donors (Lipinski definition) is 4. The van der Waals surface area contributed by atoms with Gasteiger partial charge in [-0.1, -0.05) is 182 Å². The summed E-state index contributed by atoms with van der Waals surface area (Å²) in [5.74, 6) is 5.11. The Morgan fingerprint density at radius 1 is 0.443 bits per heavy atom. The maximum absolute atomic E-state index is 12.1. The van der Waals surface area contributed by atoms with Crippen molar-refractivity contribution in [2.45, 2.75) is 51.7 Å². The van der Waals surface area contributed by atoms with Gasteiger partial charge in [0.05, 0.1) is 35.5 Å². The number of benzene rings is 6. The summed E-state index contributed by atoms with van der Waals surface area (Å²) < 4.78 is 18.1. The summed E-state index contributed by atoms with van der Waals surface area (Å²) in [7, 11) is 3.65. The second-order valence-electron chi connectivity index (χ2n) is 23.7. The molecule has 6 aromatic carbocycles. The lowest BCUT2D eigenvalue weighted by Crippen LogP contribution is -2.23. The maximum Gasteiger partial charge on any atom is 0.199 e. The quantitative estimate of drug-likeness (QED) is 0.0420. The first-order chi connectivity index (χ1) is 47.7. The van der Waals surface area contributed by atoms with Gasteiger partial charge in [0.25, 0.3) is 0 Å². The van der Waals surface area contributed by atoms with E-state index in [9.17, 15) is 5.11 Å². The Morgan fingerprint density at radius 2 is 0.814 bits per heavy atom. The van der Waals surface area contributed by atoms with Gasteiger partial charge in [-0.3, -0.25) is 0 Å². The van der Waals surface area contributed by atoms with E-state index in [-0.39, 0.29) is 25.4 Å². The third-order valence-corrected chi connectivity index (χ3v) is 20.2. The number of anilines is 3. The summed E-state index contributed by atoms with van der Waals surface area (Å²) in [6.45, 7) is 5.69. The number of aliphatic hydroxyl groups excluding tert-OH is 1. The zero-order valence-electron chi connectivity index (χ0n) is 53.6. The van der Waals surface area contributed by atoms with E-state index in [1.807, 2.05) is 87.9 Å². The maximum atomic E-state index is 12.1. The molecule has 4 N–H and O–H groups in total. The second-order valence-corrected chi connectivity index (χ2v) is 26.7. The van der Waals surface area contributed by atoms with E-state index in [0.717, 1.165) is 95.4 Å². The van der Waals surface area contributed by atoms with Crippen molar-refractivity contribution < 1.29 is 14.6 Å². The van der Waals surface area contributed by atoms with Gasteiger partial charge in [0.15, 0.2) is 34.9 Å². The molecule has 15 rings (SSSR count). The van der Waals surface area contributed by atoms with Gasteiger partial charge in [-0.15, -0.1) is 34.0 Å². The highest BCUT2D eigenvalue weighted by Gasteiger charge is 2.28. The van der Waals surface area contributed by atoms with E-state index >= 15 is 0 Å². The fourth-order valence-corrected chi connectivity index (χ4v) is 15.9. The number of hydrogen-bond acceptors (Lipinski definition) is 18. The molecule has 97 heavy (non-hydrogen) atoms. The summed E-state index contributed by atoms with van der Waals surface area (Å²) in [4.78, 5) is 51.6. The van der Waals surface area contributed by atoms with Gasteiger partial charge < -0.3 is 44.2 Å². The molecule has 0 radical (unpaired) electrons. The number of rotatable bonds is 25. The first-order valence-corrected chi connectivity index (χ1v) is 34.5. The number of aromatic nitrogens is 12. The minimum Gasteiger partial charge on any atom is -0.391 e. The van der Waals surface area contributed by atoms with Crippen molar-refractivity contribution in [3.05, 3.63) is 219 Å². The van der Waals surface area contributed by atoms with Gasteiger partial charge in [-0.05, 0) is 53.6 Å². The molecule has 3 unspecified atom stereocenters. The van der Waals surface area contributed by atoms with Crippen molar-refractivity contribution in [3.8, 4) is 99.6 Å². The average molecular weight is 1330 g/mol. The molecule has 21 heteroatoms. The summed E-state index contributed by atoms with van der Waals surface area (Å²) in [5, 5.41) is 25.9. The molecule has 482 valence electrons. The topological polar surface area (TPSA) is 206 Å². The Morgan fingerprint density at radius 3 is 1.25 bits per heavy atom. The number of aliphatic hydroxyl groups is 1. The van der Waals surface area contributed by atoms with Crippen LogP contribution in [0.2, 0.25) is 0 Å².